The molecule has 0 saturated carbocycles. The van der Waals surface area contributed by atoms with Gasteiger partial charge in [0.1, 0.15) is 40.3 Å². The van der Waals surface area contributed by atoms with Crippen molar-refractivity contribution >= 4 is 77.4 Å². The zero-order chi connectivity index (χ0) is 71.4. The van der Waals surface area contributed by atoms with Gasteiger partial charge in [0.05, 0.1) is 60.5 Å². The molecule has 522 valence electrons. The Kier molecular flexibility index (Phi) is 22.3. The Bertz CT molecular complexity index is 4440. The zero-order valence-corrected chi connectivity index (χ0v) is 57.8. The molecule has 20 nitrogen and oxygen atoms in total. The van der Waals surface area contributed by atoms with Gasteiger partial charge in [-0.1, -0.05) is 56.0 Å². The second-order valence-corrected chi connectivity index (χ2v) is 39.8. The highest BCUT2D eigenvalue weighted by Crippen LogP contribution is 2.40. The number of rotatable bonds is 19. The van der Waals surface area contributed by atoms with Crippen LogP contribution in [0.4, 0.5) is 51.0 Å². The first-order valence-corrected chi connectivity index (χ1v) is 37.7. The van der Waals surface area contributed by atoms with Crippen LogP contribution in [0.1, 0.15) is 84.9 Å². The van der Waals surface area contributed by atoms with Crippen molar-refractivity contribution in [3.05, 3.63) is 138 Å². The normalized spacial score (nSPS) is 14.2. The first-order chi connectivity index (χ1) is 44.0. The van der Waals surface area contributed by atoms with Crippen LogP contribution in [0.2, 0.25) is 25.7 Å². The van der Waals surface area contributed by atoms with Gasteiger partial charge in [0.15, 0.2) is 25.3 Å². The molecule has 1 atom stereocenters. The van der Waals surface area contributed by atoms with Crippen LogP contribution in [-0.4, -0.2) is 118 Å². The molecule has 8 aromatic rings. The van der Waals surface area contributed by atoms with E-state index in [1.165, 1.54) is 55.6 Å². The summed E-state index contributed by atoms with van der Waals surface area (Å²) in [5, 5.41) is 0. The van der Waals surface area contributed by atoms with E-state index in [2.05, 4.69) is 63.8 Å². The maximum atomic E-state index is 12.7. The molecule has 0 spiro atoms. The smallest absolute Gasteiger partial charge is 0.442 e. The Balaban J connectivity index is 0.000000205. The van der Waals surface area contributed by atoms with Crippen LogP contribution >= 0.6 is 0 Å². The molecule has 96 heavy (non-hydrogen) atoms. The highest BCUT2D eigenvalue weighted by Gasteiger charge is 2.37. The number of sulfonamides is 1. The predicted octanol–water partition coefficient (Wildman–Crippen LogP) is 16.0. The van der Waals surface area contributed by atoms with Crippen LogP contribution in [0.3, 0.4) is 0 Å². The van der Waals surface area contributed by atoms with E-state index in [0.717, 1.165) is 46.2 Å². The van der Waals surface area contributed by atoms with Crippen molar-refractivity contribution in [2.24, 2.45) is 4.99 Å². The third-order valence-corrected chi connectivity index (χ3v) is 23.2. The standard InChI is InChI=1S/C26H34F3NO5SSi.C19H19F3N2O4S.C18H19F3N4O4S/c1-25(2,3)36(31,32)17-18-10-11-21-22(16-33-12-13-37(4,5)6)24(30-23(21)14-18)34-19-8-7-9-20(15-19)35-26(27,28)29;1-18(2,3)29(25,26)11-12-7-8-15-16(9-12)24-17(23-15)27-13-5-4-6-14(10-13)28-19(20,21)22;1-17(2,3)30(26,27)25(4)14-9-8-13-15(23-14)24-16(22-13)28-11-6-5-7-12(10-11)29-18(19,20)21/h7-11,14-15,22H,12-13,16-17H2,1-6H3;4-10H,11H2,1-3H3,(H,23,24);5-10H,1-4H3,(H,22,23,24). The molecule has 0 fully saturated rings. The fourth-order valence-corrected chi connectivity index (χ4v) is 12.5. The van der Waals surface area contributed by atoms with Gasteiger partial charge in [0.2, 0.25) is 15.9 Å². The number of anilines is 1. The third kappa shape index (κ3) is 21.2. The number of ether oxygens (including phenoxy) is 7. The van der Waals surface area contributed by atoms with E-state index in [-0.39, 0.29) is 64.7 Å². The van der Waals surface area contributed by atoms with Crippen LogP contribution in [0.5, 0.6) is 46.5 Å². The van der Waals surface area contributed by atoms with Gasteiger partial charge in [0, 0.05) is 39.9 Å². The first kappa shape index (κ1) is 75.2. The first-order valence-electron chi connectivity index (χ1n) is 29.2. The second-order valence-electron chi connectivity index (χ2n) is 26.0. The number of hydrogen-bond acceptors (Lipinski definition) is 17. The summed E-state index contributed by atoms with van der Waals surface area (Å²) in [6, 6.07) is 29.6. The molecule has 4 heterocycles. The van der Waals surface area contributed by atoms with Gasteiger partial charge >= 0.3 is 25.1 Å². The molecular weight excluding hydrogens is 1360 g/mol. The molecule has 2 N–H and O–H groups in total. The minimum Gasteiger partial charge on any atom is -0.442 e. The molecule has 5 aromatic carbocycles. The van der Waals surface area contributed by atoms with Gasteiger partial charge in [-0.25, -0.2) is 35.2 Å². The van der Waals surface area contributed by atoms with E-state index in [4.69, 9.17) is 18.9 Å². The molecule has 9 rings (SSSR count). The van der Waals surface area contributed by atoms with E-state index < -0.39 is 94.3 Å². The molecule has 1 aliphatic rings. The van der Waals surface area contributed by atoms with Crippen molar-refractivity contribution in [1.29, 1.82) is 0 Å². The summed E-state index contributed by atoms with van der Waals surface area (Å²) in [5.74, 6) is -1.19. The molecule has 1 aliphatic heterocycles. The lowest BCUT2D eigenvalue weighted by Gasteiger charge is -2.27. The lowest BCUT2D eigenvalue weighted by molar-refractivity contribution is -0.275. The summed E-state index contributed by atoms with van der Waals surface area (Å²) in [7, 11) is -10.3. The molecule has 0 amide bonds. The summed E-state index contributed by atoms with van der Waals surface area (Å²) in [5.41, 5.74) is 4.25. The number of benzene rings is 5. The molecule has 0 bridgehead atoms. The number of aliphatic imine (C=N–C) groups is 1. The van der Waals surface area contributed by atoms with Crippen molar-refractivity contribution in [2.75, 3.05) is 24.6 Å². The van der Waals surface area contributed by atoms with Crippen molar-refractivity contribution < 1.29 is 97.9 Å². The van der Waals surface area contributed by atoms with E-state index >= 15 is 0 Å². The van der Waals surface area contributed by atoms with Crippen LogP contribution in [0.25, 0.3) is 22.2 Å². The number of fused-ring (bicyclic) bond motifs is 3. The number of hydrogen-bond donors (Lipinski definition) is 2. The van der Waals surface area contributed by atoms with E-state index in [1.807, 2.05) is 6.07 Å². The van der Waals surface area contributed by atoms with Gasteiger partial charge in [0.25, 0.3) is 6.01 Å². The van der Waals surface area contributed by atoms with Crippen molar-refractivity contribution in [2.45, 2.75) is 139 Å². The summed E-state index contributed by atoms with van der Waals surface area (Å²) in [6.45, 7) is 22.2. The Morgan fingerprint density at radius 1 is 0.510 bits per heavy atom. The largest absolute Gasteiger partial charge is 0.573 e. The average molecular weight is 1430 g/mol. The van der Waals surface area contributed by atoms with Gasteiger partial charge in [-0.15, -0.1) is 39.5 Å². The Labute approximate surface area is 550 Å². The van der Waals surface area contributed by atoms with Gasteiger partial charge in [-0.3, -0.25) is 4.31 Å². The number of alkyl halides is 9. The number of nitrogens with one attached hydrogen (secondary N) is 2. The lowest BCUT2D eigenvalue weighted by atomic mass is 9.99. The Morgan fingerprint density at radius 2 is 0.958 bits per heavy atom. The number of halogens is 9. The van der Waals surface area contributed by atoms with Crippen molar-refractivity contribution in [3.8, 4) is 46.5 Å². The topological polar surface area (TPSA) is 253 Å². The highest BCUT2D eigenvalue weighted by atomic mass is 32.2. The van der Waals surface area contributed by atoms with Crippen LogP contribution < -0.4 is 32.7 Å². The van der Waals surface area contributed by atoms with Crippen LogP contribution in [-0.2, 0) is 45.9 Å². The lowest BCUT2D eigenvalue weighted by Crippen LogP contribution is -2.41. The Morgan fingerprint density at radius 3 is 1.43 bits per heavy atom. The number of nitrogens with zero attached hydrogens (tertiary/aromatic N) is 5. The number of sulfone groups is 2. The molecule has 33 heteroatoms. The fraction of sp³-hybridized carbons (Fsp3) is 0.397. The van der Waals surface area contributed by atoms with Gasteiger partial charge < -0.3 is 43.1 Å². The van der Waals surface area contributed by atoms with Crippen LogP contribution in [0, 0.1) is 0 Å². The Hall–Kier alpha value is -8.14. The summed E-state index contributed by atoms with van der Waals surface area (Å²) < 4.78 is 220. The zero-order valence-electron chi connectivity index (χ0n) is 54.3. The number of pyridine rings is 1. The molecule has 0 saturated heterocycles. The average Bonchev–Trinajstić information content (AvgIpc) is 1.55. The minimum absolute atomic E-state index is 0.0276. The quantitative estimate of drug-likeness (QED) is 0.0433. The van der Waals surface area contributed by atoms with Crippen molar-refractivity contribution in [3.63, 3.8) is 0 Å². The highest BCUT2D eigenvalue weighted by molar-refractivity contribution is 7.94. The molecule has 1 unspecified atom stereocenters. The molecular formula is C63H72F9N7O13S3Si. The molecule has 0 aliphatic carbocycles. The molecule has 3 aromatic heterocycles. The summed E-state index contributed by atoms with van der Waals surface area (Å²) in [4.78, 5) is 22.9. The molecule has 0 radical (unpaired) electrons. The monoisotopic (exact) mass is 1430 g/mol. The summed E-state index contributed by atoms with van der Waals surface area (Å²) in [6.07, 6.45) is -14.4. The third-order valence-electron chi connectivity index (χ3n) is 13.9. The van der Waals surface area contributed by atoms with E-state index in [9.17, 15) is 64.8 Å². The minimum atomic E-state index is -4.82. The number of aromatic amines is 2. The number of H-pyrrole nitrogens is 2. The van der Waals surface area contributed by atoms with Gasteiger partial charge in [-0.2, -0.15) is 9.97 Å². The number of imidazole rings is 2. The summed E-state index contributed by atoms with van der Waals surface area (Å²) >= 11 is 0. The maximum absolute atomic E-state index is 12.7. The van der Waals surface area contributed by atoms with Crippen molar-refractivity contribution in [1.82, 2.24) is 24.9 Å². The van der Waals surface area contributed by atoms with Gasteiger partial charge in [-0.05, 0) is 152 Å². The maximum Gasteiger partial charge on any atom is 0.573 e. The predicted molar refractivity (Wildman–Crippen MR) is 347 cm³/mol. The fourth-order valence-electron chi connectivity index (χ4n) is 8.44. The van der Waals surface area contributed by atoms with Crippen LogP contribution in [0.15, 0.2) is 126 Å². The SMILES string of the molecule is CC(C)(C)S(=O)(=O)Cc1ccc2c(c1)N=C(Oc1cccc(OC(F)(F)F)c1)C2COCC[Si](C)(C)C.CC(C)(C)S(=O)(=O)Cc1ccc2nc(Oc3cccc(OC(F)(F)F)c3)[nH]c2c1.CN(c1ccc2[nH]c(Oc3cccc(OC(F)(F)F)c3)nc2n1)S(=O)(=O)C(C)(C)C. The van der Waals surface area contributed by atoms with E-state index in [0.29, 0.717) is 40.0 Å². The second kappa shape index (κ2) is 28.5. The number of aromatic nitrogens is 5. The van der Waals surface area contributed by atoms with E-state index in [1.54, 1.807) is 98.7 Å².